The predicted octanol–water partition coefficient (Wildman–Crippen LogP) is 2.18. The lowest BCUT2D eigenvalue weighted by Crippen LogP contribution is -2.31. The van der Waals surface area contributed by atoms with Gasteiger partial charge in [0, 0.05) is 25.1 Å². The average molecular weight is 259 g/mol. The number of anilines is 1. The van der Waals surface area contributed by atoms with E-state index in [1.807, 2.05) is 26.0 Å². The van der Waals surface area contributed by atoms with Crippen LogP contribution in [0, 0.1) is 0 Å². The molecule has 0 radical (unpaired) electrons. The Morgan fingerprint density at radius 2 is 2.16 bits per heavy atom. The average Bonchev–Trinajstić information content (AvgIpc) is 2.87. The molecule has 6 nitrogen and oxygen atoms in total. The molecule has 2 amide bonds. The lowest BCUT2D eigenvalue weighted by Gasteiger charge is -2.14. The van der Waals surface area contributed by atoms with Crippen molar-refractivity contribution in [3.63, 3.8) is 0 Å². The number of carbonyl (C=O) groups excluding carboxylic acids is 1. The first-order valence-electron chi connectivity index (χ1n) is 6.19. The van der Waals surface area contributed by atoms with Gasteiger partial charge < -0.3 is 10.6 Å². The van der Waals surface area contributed by atoms with E-state index in [0.717, 1.165) is 12.1 Å². The molecule has 0 saturated heterocycles. The van der Waals surface area contributed by atoms with E-state index < -0.39 is 0 Å². The van der Waals surface area contributed by atoms with Crippen molar-refractivity contribution in [3.8, 4) is 0 Å². The summed E-state index contributed by atoms with van der Waals surface area (Å²) in [4.78, 5) is 15.8. The minimum Gasteiger partial charge on any atom is -0.331 e. The van der Waals surface area contributed by atoms with Crippen molar-refractivity contribution >= 4 is 11.7 Å². The van der Waals surface area contributed by atoms with Crippen molar-refractivity contribution in [2.45, 2.75) is 26.4 Å². The van der Waals surface area contributed by atoms with E-state index in [-0.39, 0.29) is 12.1 Å². The van der Waals surface area contributed by atoms with Crippen LogP contribution in [0.25, 0.3) is 0 Å². The SMILES string of the molecule is CCn1cc(NC(=O)NC(C)c2ccncc2)cn1. The van der Waals surface area contributed by atoms with Crippen molar-refractivity contribution in [1.82, 2.24) is 20.1 Å². The fourth-order valence-electron chi connectivity index (χ4n) is 1.70. The third-order valence-corrected chi connectivity index (χ3v) is 2.77. The van der Waals surface area contributed by atoms with E-state index in [4.69, 9.17) is 0 Å². The Bertz CT molecular complexity index is 537. The van der Waals surface area contributed by atoms with Gasteiger partial charge in [-0.05, 0) is 31.5 Å². The molecule has 0 aromatic carbocycles. The Morgan fingerprint density at radius 1 is 1.42 bits per heavy atom. The molecular formula is C13H17N5O. The van der Waals surface area contributed by atoms with E-state index in [2.05, 4.69) is 20.7 Å². The molecular weight excluding hydrogens is 242 g/mol. The Morgan fingerprint density at radius 3 is 2.79 bits per heavy atom. The number of rotatable bonds is 4. The van der Waals surface area contributed by atoms with Crippen LogP contribution in [0.1, 0.15) is 25.5 Å². The van der Waals surface area contributed by atoms with Crippen molar-refractivity contribution in [1.29, 1.82) is 0 Å². The minimum atomic E-state index is -0.250. The molecule has 2 rings (SSSR count). The van der Waals surface area contributed by atoms with Gasteiger partial charge in [-0.2, -0.15) is 5.10 Å². The maximum absolute atomic E-state index is 11.8. The largest absolute Gasteiger partial charge is 0.331 e. The second-order valence-electron chi connectivity index (χ2n) is 4.19. The van der Waals surface area contributed by atoms with Gasteiger partial charge in [-0.1, -0.05) is 0 Å². The van der Waals surface area contributed by atoms with Crippen LogP contribution < -0.4 is 10.6 Å². The van der Waals surface area contributed by atoms with E-state index in [9.17, 15) is 4.79 Å². The van der Waals surface area contributed by atoms with Crippen LogP contribution >= 0.6 is 0 Å². The van der Waals surface area contributed by atoms with Gasteiger partial charge in [0.1, 0.15) is 0 Å². The minimum absolute atomic E-state index is 0.0794. The number of amides is 2. The highest BCUT2D eigenvalue weighted by molar-refractivity contribution is 5.89. The Kier molecular flexibility index (Phi) is 4.12. The molecule has 0 fully saturated rings. The summed E-state index contributed by atoms with van der Waals surface area (Å²) in [6.45, 7) is 4.68. The van der Waals surface area contributed by atoms with Gasteiger partial charge in [-0.25, -0.2) is 4.79 Å². The third kappa shape index (κ3) is 3.54. The predicted molar refractivity (Wildman–Crippen MR) is 72.7 cm³/mol. The van der Waals surface area contributed by atoms with Gasteiger partial charge in [0.05, 0.1) is 17.9 Å². The smallest absolute Gasteiger partial charge is 0.319 e. The van der Waals surface area contributed by atoms with Crippen molar-refractivity contribution < 1.29 is 4.79 Å². The Labute approximate surface area is 111 Å². The number of urea groups is 1. The summed E-state index contributed by atoms with van der Waals surface area (Å²) >= 11 is 0. The molecule has 6 heteroatoms. The molecule has 0 aliphatic carbocycles. The number of hydrogen-bond acceptors (Lipinski definition) is 3. The summed E-state index contributed by atoms with van der Waals surface area (Å²) in [5.41, 5.74) is 1.69. The molecule has 1 atom stereocenters. The lowest BCUT2D eigenvalue weighted by atomic mass is 10.1. The molecule has 0 saturated carbocycles. The Hall–Kier alpha value is -2.37. The molecule has 0 bridgehead atoms. The van der Waals surface area contributed by atoms with Crippen LogP contribution in [0.3, 0.4) is 0 Å². The van der Waals surface area contributed by atoms with Gasteiger partial charge in [0.15, 0.2) is 0 Å². The number of nitrogens with zero attached hydrogens (tertiary/aromatic N) is 3. The second-order valence-corrected chi connectivity index (χ2v) is 4.19. The number of hydrogen-bond donors (Lipinski definition) is 2. The van der Waals surface area contributed by atoms with Gasteiger partial charge in [-0.3, -0.25) is 9.67 Å². The number of pyridine rings is 1. The van der Waals surface area contributed by atoms with Crippen molar-refractivity contribution in [2.75, 3.05) is 5.32 Å². The molecule has 1 unspecified atom stereocenters. The van der Waals surface area contributed by atoms with Crippen LogP contribution in [0.4, 0.5) is 10.5 Å². The summed E-state index contributed by atoms with van der Waals surface area (Å²) in [5, 5.41) is 9.70. The van der Waals surface area contributed by atoms with Gasteiger partial charge in [0.25, 0.3) is 0 Å². The summed E-state index contributed by atoms with van der Waals surface area (Å²) in [5.74, 6) is 0. The number of carbonyl (C=O) groups is 1. The number of nitrogens with one attached hydrogen (secondary N) is 2. The quantitative estimate of drug-likeness (QED) is 0.884. The molecule has 0 aliphatic rings. The topological polar surface area (TPSA) is 71.8 Å². The van der Waals surface area contributed by atoms with E-state index in [1.54, 1.807) is 29.5 Å². The van der Waals surface area contributed by atoms with Gasteiger partial charge >= 0.3 is 6.03 Å². The van der Waals surface area contributed by atoms with Crippen molar-refractivity contribution in [2.24, 2.45) is 0 Å². The molecule has 2 aromatic heterocycles. The maximum Gasteiger partial charge on any atom is 0.319 e. The monoisotopic (exact) mass is 259 g/mol. The fraction of sp³-hybridized carbons (Fsp3) is 0.308. The van der Waals surface area contributed by atoms with Crippen LogP contribution in [0.2, 0.25) is 0 Å². The van der Waals surface area contributed by atoms with E-state index in [1.165, 1.54) is 0 Å². The molecule has 2 N–H and O–H groups in total. The van der Waals surface area contributed by atoms with Gasteiger partial charge in [0.2, 0.25) is 0 Å². The van der Waals surface area contributed by atoms with Gasteiger partial charge in [-0.15, -0.1) is 0 Å². The lowest BCUT2D eigenvalue weighted by molar-refractivity contribution is 0.249. The number of aryl methyl sites for hydroxylation is 1. The zero-order valence-corrected chi connectivity index (χ0v) is 11.0. The molecule has 0 spiro atoms. The first-order chi connectivity index (χ1) is 9.19. The zero-order chi connectivity index (χ0) is 13.7. The first kappa shape index (κ1) is 13.1. The summed E-state index contributed by atoms with van der Waals surface area (Å²) in [7, 11) is 0. The van der Waals surface area contributed by atoms with Crippen LogP contribution in [-0.4, -0.2) is 20.8 Å². The number of aromatic nitrogens is 3. The summed E-state index contributed by atoms with van der Waals surface area (Å²) < 4.78 is 1.75. The van der Waals surface area contributed by atoms with E-state index in [0.29, 0.717) is 5.69 Å². The summed E-state index contributed by atoms with van der Waals surface area (Å²) in [6, 6.07) is 3.42. The Balaban J connectivity index is 1.91. The van der Waals surface area contributed by atoms with Crippen LogP contribution in [0.5, 0.6) is 0 Å². The molecule has 2 heterocycles. The van der Waals surface area contributed by atoms with Crippen LogP contribution in [0.15, 0.2) is 36.9 Å². The highest BCUT2D eigenvalue weighted by Crippen LogP contribution is 2.11. The molecule has 0 aliphatic heterocycles. The standard InChI is InChI=1S/C13H17N5O/c1-3-18-9-12(8-15-18)17-13(19)16-10(2)11-4-6-14-7-5-11/h4-10H,3H2,1-2H3,(H2,16,17,19). The second kappa shape index (κ2) is 5.99. The molecule has 100 valence electrons. The fourth-order valence-corrected chi connectivity index (χ4v) is 1.70. The highest BCUT2D eigenvalue weighted by atomic mass is 16.2. The summed E-state index contributed by atoms with van der Waals surface area (Å²) in [6.07, 6.45) is 6.82. The van der Waals surface area contributed by atoms with Crippen molar-refractivity contribution in [3.05, 3.63) is 42.5 Å². The highest BCUT2D eigenvalue weighted by Gasteiger charge is 2.09. The molecule has 19 heavy (non-hydrogen) atoms. The molecule has 2 aromatic rings. The first-order valence-corrected chi connectivity index (χ1v) is 6.19. The maximum atomic E-state index is 11.8. The normalized spacial score (nSPS) is 11.9. The van der Waals surface area contributed by atoms with E-state index >= 15 is 0 Å². The van der Waals surface area contributed by atoms with Crippen LogP contribution in [-0.2, 0) is 6.54 Å². The third-order valence-electron chi connectivity index (χ3n) is 2.77. The zero-order valence-electron chi connectivity index (χ0n) is 11.0.